The van der Waals surface area contributed by atoms with E-state index in [9.17, 15) is 9.59 Å². The van der Waals surface area contributed by atoms with Crippen molar-refractivity contribution in [3.8, 4) is 0 Å². The van der Waals surface area contributed by atoms with Gasteiger partial charge in [-0.2, -0.15) is 0 Å². The molecule has 0 aromatic heterocycles. The van der Waals surface area contributed by atoms with Gasteiger partial charge >= 0.3 is 5.97 Å². The van der Waals surface area contributed by atoms with Crippen LogP contribution in [0.1, 0.15) is 31.7 Å². The monoisotopic (exact) mass is 301 g/mol. The van der Waals surface area contributed by atoms with Gasteiger partial charge in [-0.1, -0.05) is 30.3 Å². The second-order valence-corrected chi connectivity index (χ2v) is 6.52. The Bertz CT molecular complexity index is 557. The number of carbonyl (C=O) groups excluding carboxylic acids is 2. The third-order valence-corrected chi connectivity index (χ3v) is 4.90. The number of hydrogen-bond donors (Lipinski definition) is 0. The molecule has 0 N–H and O–H groups in total. The molecule has 22 heavy (non-hydrogen) atoms. The van der Waals surface area contributed by atoms with Crippen molar-refractivity contribution in [3.63, 3.8) is 0 Å². The van der Waals surface area contributed by atoms with Crippen LogP contribution in [-0.2, 0) is 20.9 Å². The molecule has 118 valence electrons. The minimum absolute atomic E-state index is 0.0179. The number of ketones is 1. The largest absolute Gasteiger partial charge is 0.466 e. The Balaban J connectivity index is 1.79. The molecule has 4 nitrogen and oxygen atoms in total. The summed E-state index contributed by atoms with van der Waals surface area (Å²) in [6, 6.07) is 10.2. The highest BCUT2D eigenvalue weighted by atomic mass is 16.5. The number of carbonyl (C=O) groups is 2. The van der Waals surface area contributed by atoms with Gasteiger partial charge in [-0.05, 0) is 25.3 Å². The number of fused-ring (bicyclic) bond motifs is 2. The zero-order valence-corrected chi connectivity index (χ0v) is 13.1. The minimum atomic E-state index is -0.485. The molecule has 0 amide bonds. The van der Waals surface area contributed by atoms with Gasteiger partial charge in [-0.25, -0.2) is 0 Å². The second-order valence-electron chi connectivity index (χ2n) is 6.52. The normalized spacial score (nSPS) is 28.4. The fourth-order valence-electron chi connectivity index (χ4n) is 3.86. The van der Waals surface area contributed by atoms with Crippen molar-refractivity contribution < 1.29 is 14.3 Å². The maximum Gasteiger partial charge on any atom is 0.313 e. The quantitative estimate of drug-likeness (QED) is 0.801. The number of Topliss-reactive ketones (excluding diaryl/α,β-unsaturated/α-hetero) is 1. The molecule has 2 unspecified atom stereocenters. The predicted octanol–water partition coefficient (Wildman–Crippen LogP) is 2.42. The van der Waals surface area contributed by atoms with Crippen molar-refractivity contribution in [2.45, 2.75) is 32.7 Å². The number of esters is 1. The number of hydrogen-bond acceptors (Lipinski definition) is 4. The fraction of sp³-hybridized carbons (Fsp3) is 0.556. The highest BCUT2D eigenvalue weighted by Gasteiger charge is 2.51. The van der Waals surface area contributed by atoms with Crippen LogP contribution in [0.4, 0.5) is 0 Å². The van der Waals surface area contributed by atoms with E-state index in [4.69, 9.17) is 4.74 Å². The smallest absolute Gasteiger partial charge is 0.313 e. The van der Waals surface area contributed by atoms with E-state index < -0.39 is 5.41 Å². The minimum Gasteiger partial charge on any atom is -0.466 e. The zero-order valence-electron chi connectivity index (χ0n) is 13.1. The molecular formula is C18H23NO3. The fourth-order valence-corrected chi connectivity index (χ4v) is 3.86. The van der Waals surface area contributed by atoms with Crippen LogP contribution in [0.25, 0.3) is 0 Å². The third kappa shape index (κ3) is 2.93. The molecule has 1 aliphatic heterocycles. The number of rotatable bonds is 4. The molecule has 2 fully saturated rings. The Kier molecular flexibility index (Phi) is 4.30. The molecule has 1 aromatic carbocycles. The Labute approximate surface area is 131 Å². The summed E-state index contributed by atoms with van der Waals surface area (Å²) in [5.41, 5.74) is 0.732. The van der Waals surface area contributed by atoms with Crippen molar-refractivity contribution in [1.29, 1.82) is 0 Å². The molecule has 1 aliphatic carbocycles. The summed E-state index contributed by atoms with van der Waals surface area (Å²) in [7, 11) is 0. The van der Waals surface area contributed by atoms with Gasteiger partial charge in [0.05, 0.1) is 12.0 Å². The third-order valence-electron chi connectivity index (χ3n) is 4.90. The van der Waals surface area contributed by atoms with E-state index in [2.05, 4.69) is 17.0 Å². The Hall–Kier alpha value is -1.68. The first-order chi connectivity index (χ1) is 10.6. The van der Waals surface area contributed by atoms with Gasteiger partial charge in [0.1, 0.15) is 5.78 Å². The average molecular weight is 301 g/mol. The maximum absolute atomic E-state index is 12.5. The van der Waals surface area contributed by atoms with Gasteiger partial charge in [-0.15, -0.1) is 0 Å². The van der Waals surface area contributed by atoms with Crippen LogP contribution in [-0.4, -0.2) is 36.3 Å². The molecule has 1 heterocycles. The molecule has 0 spiro atoms. The van der Waals surface area contributed by atoms with Gasteiger partial charge in [-0.3, -0.25) is 14.5 Å². The summed E-state index contributed by atoms with van der Waals surface area (Å²) in [5.74, 6) is 0.165. The maximum atomic E-state index is 12.5. The molecule has 2 aliphatic rings. The summed E-state index contributed by atoms with van der Waals surface area (Å²) in [6.45, 7) is 4.48. The molecule has 2 bridgehead atoms. The summed E-state index contributed by atoms with van der Waals surface area (Å²) < 4.78 is 5.31. The van der Waals surface area contributed by atoms with Gasteiger partial charge in [0.25, 0.3) is 0 Å². The van der Waals surface area contributed by atoms with Crippen molar-refractivity contribution in [2.75, 3.05) is 19.7 Å². The number of ether oxygens (including phenoxy) is 1. The highest BCUT2D eigenvalue weighted by molar-refractivity contribution is 5.87. The van der Waals surface area contributed by atoms with Crippen molar-refractivity contribution in [2.24, 2.45) is 11.3 Å². The summed E-state index contributed by atoms with van der Waals surface area (Å²) >= 11 is 0. The molecular weight excluding hydrogens is 278 g/mol. The van der Waals surface area contributed by atoms with E-state index in [1.165, 1.54) is 5.56 Å². The van der Waals surface area contributed by atoms with Crippen LogP contribution >= 0.6 is 0 Å². The lowest BCUT2D eigenvalue weighted by molar-refractivity contribution is -0.165. The van der Waals surface area contributed by atoms with E-state index in [0.29, 0.717) is 38.2 Å². The van der Waals surface area contributed by atoms with E-state index in [0.717, 1.165) is 13.1 Å². The first-order valence-corrected chi connectivity index (χ1v) is 8.09. The lowest BCUT2D eigenvalue weighted by Gasteiger charge is -2.47. The van der Waals surface area contributed by atoms with E-state index in [1.807, 2.05) is 25.1 Å². The Morgan fingerprint density at radius 2 is 2.14 bits per heavy atom. The van der Waals surface area contributed by atoms with Crippen LogP contribution in [0.3, 0.4) is 0 Å². The van der Waals surface area contributed by atoms with E-state index >= 15 is 0 Å². The van der Waals surface area contributed by atoms with Gasteiger partial charge in [0, 0.05) is 32.0 Å². The van der Waals surface area contributed by atoms with Crippen LogP contribution in [0.15, 0.2) is 30.3 Å². The van der Waals surface area contributed by atoms with Crippen LogP contribution in [0.2, 0.25) is 0 Å². The number of piperidine rings is 1. The van der Waals surface area contributed by atoms with Gasteiger partial charge in [0.15, 0.2) is 0 Å². The second kappa shape index (κ2) is 6.21. The molecule has 3 rings (SSSR count). The standard InChI is InChI=1S/C18H23NO3/c1-2-22-17(21)18-9-8-16(20)15(10-18)12-19(13-18)11-14-6-4-3-5-7-14/h3-7,15H,2,8-13H2,1H3. The lowest BCUT2D eigenvalue weighted by atomic mass is 9.66. The van der Waals surface area contributed by atoms with Crippen LogP contribution < -0.4 is 0 Å². The molecule has 1 saturated heterocycles. The zero-order chi connectivity index (χ0) is 15.6. The van der Waals surface area contributed by atoms with Crippen LogP contribution in [0, 0.1) is 11.3 Å². The molecule has 0 radical (unpaired) electrons. The Morgan fingerprint density at radius 3 is 2.86 bits per heavy atom. The van der Waals surface area contributed by atoms with Crippen molar-refractivity contribution >= 4 is 11.8 Å². The first kappa shape index (κ1) is 15.2. The lowest BCUT2D eigenvalue weighted by Crippen LogP contribution is -2.55. The summed E-state index contributed by atoms with van der Waals surface area (Å²) in [4.78, 5) is 26.9. The number of benzene rings is 1. The topological polar surface area (TPSA) is 46.6 Å². The highest BCUT2D eigenvalue weighted by Crippen LogP contribution is 2.43. The number of nitrogens with zero attached hydrogens (tertiary/aromatic N) is 1. The van der Waals surface area contributed by atoms with Gasteiger partial charge < -0.3 is 4.74 Å². The summed E-state index contributed by atoms with van der Waals surface area (Å²) in [5, 5.41) is 0. The summed E-state index contributed by atoms with van der Waals surface area (Å²) in [6.07, 6.45) is 1.81. The first-order valence-electron chi connectivity index (χ1n) is 8.09. The number of likely N-dealkylation sites (tertiary alicyclic amines) is 1. The average Bonchev–Trinajstić information content (AvgIpc) is 2.52. The predicted molar refractivity (Wildman–Crippen MR) is 83.1 cm³/mol. The molecule has 1 aromatic rings. The SMILES string of the molecule is CCOC(=O)C12CCC(=O)C(CN(Cc3ccccc3)C1)C2. The van der Waals surface area contributed by atoms with Crippen molar-refractivity contribution in [1.82, 2.24) is 4.90 Å². The molecule has 2 atom stereocenters. The van der Waals surface area contributed by atoms with Gasteiger partial charge in [0.2, 0.25) is 0 Å². The molecule has 1 saturated carbocycles. The van der Waals surface area contributed by atoms with E-state index in [1.54, 1.807) is 0 Å². The van der Waals surface area contributed by atoms with Crippen molar-refractivity contribution in [3.05, 3.63) is 35.9 Å². The van der Waals surface area contributed by atoms with E-state index in [-0.39, 0.29) is 11.9 Å². The molecule has 4 heteroatoms. The Morgan fingerprint density at radius 1 is 1.36 bits per heavy atom. The van der Waals surface area contributed by atoms with Crippen LogP contribution in [0.5, 0.6) is 0 Å².